The minimum atomic E-state index is -0.476. The van der Waals surface area contributed by atoms with E-state index in [-0.39, 0.29) is 5.82 Å². The molecule has 3 aromatic carbocycles. The van der Waals surface area contributed by atoms with E-state index in [4.69, 9.17) is 4.42 Å². The van der Waals surface area contributed by atoms with Gasteiger partial charge in [0.15, 0.2) is 5.58 Å². The van der Waals surface area contributed by atoms with Gasteiger partial charge in [0.1, 0.15) is 5.82 Å². The molecule has 4 aromatic rings. The Morgan fingerprint density at radius 2 is 1.72 bits per heavy atom. The van der Waals surface area contributed by atoms with Crippen molar-refractivity contribution in [1.82, 2.24) is 10.3 Å². The highest BCUT2D eigenvalue weighted by atomic mass is 19.1. The van der Waals surface area contributed by atoms with Crippen LogP contribution in [0.3, 0.4) is 0 Å². The lowest BCUT2D eigenvalue weighted by Gasteiger charge is -2.09. The predicted octanol–water partition coefficient (Wildman–Crippen LogP) is 5.46. The fraction of sp³-hybridized carbons (Fsp3) is 0.231. The smallest absolute Gasteiger partial charge is 0.408 e. The molecule has 0 fully saturated rings. The molecule has 0 aliphatic rings. The lowest BCUT2D eigenvalue weighted by molar-refractivity contribution is -0.110. The third kappa shape index (κ3) is 6.94. The zero-order chi connectivity index (χ0) is 22.8. The summed E-state index contributed by atoms with van der Waals surface area (Å²) in [6, 6.07) is 22.3. The van der Waals surface area contributed by atoms with Crippen molar-refractivity contribution in [3.05, 3.63) is 94.7 Å². The van der Waals surface area contributed by atoms with Gasteiger partial charge in [0.05, 0.1) is 5.52 Å². The summed E-state index contributed by atoms with van der Waals surface area (Å²) in [5, 5.41) is 2.76. The van der Waals surface area contributed by atoms with Gasteiger partial charge in [-0.2, -0.15) is 0 Å². The van der Waals surface area contributed by atoms with Gasteiger partial charge < -0.3 is 9.73 Å². The average Bonchev–Trinajstić information content (AvgIpc) is 3.18. The first kappa shape index (κ1) is 23.0. The number of aromatic nitrogens is 1. The average molecular weight is 435 g/mol. The van der Waals surface area contributed by atoms with Gasteiger partial charge in [0.2, 0.25) is 6.41 Å². The molecular formula is C26H27FN2O3. The predicted molar refractivity (Wildman–Crippen MR) is 125 cm³/mol. The maximum atomic E-state index is 12.8. The first-order chi connectivity index (χ1) is 15.5. The van der Waals surface area contributed by atoms with Gasteiger partial charge in [-0.1, -0.05) is 55.0 Å². The van der Waals surface area contributed by atoms with Crippen LogP contribution in [0.25, 0.3) is 22.2 Å². The number of unbranched alkanes of at least 4 members (excludes halogenated alkanes) is 1. The van der Waals surface area contributed by atoms with Crippen molar-refractivity contribution in [3.8, 4) is 11.1 Å². The molecule has 1 atom stereocenters. The van der Waals surface area contributed by atoms with Gasteiger partial charge in [-0.15, -0.1) is 0 Å². The van der Waals surface area contributed by atoms with E-state index < -0.39 is 5.76 Å². The highest BCUT2D eigenvalue weighted by Crippen LogP contribution is 2.23. The largest absolute Gasteiger partial charge is 0.417 e. The van der Waals surface area contributed by atoms with Gasteiger partial charge in [0.25, 0.3) is 0 Å². The summed E-state index contributed by atoms with van der Waals surface area (Å²) in [6.07, 6.45) is 5.33. The highest BCUT2D eigenvalue weighted by molar-refractivity contribution is 5.79. The molecule has 1 aromatic heterocycles. The number of rotatable bonds is 8. The Morgan fingerprint density at radius 1 is 1.00 bits per heavy atom. The molecule has 0 spiro atoms. The van der Waals surface area contributed by atoms with Gasteiger partial charge in [0, 0.05) is 6.04 Å². The molecule has 0 saturated carbocycles. The zero-order valence-electron chi connectivity index (χ0n) is 18.0. The van der Waals surface area contributed by atoms with Crippen molar-refractivity contribution in [2.24, 2.45) is 0 Å². The monoisotopic (exact) mass is 434 g/mol. The van der Waals surface area contributed by atoms with Crippen LogP contribution < -0.4 is 11.1 Å². The van der Waals surface area contributed by atoms with Crippen LogP contribution in [-0.2, 0) is 11.2 Å². The van der Waals surface area contributed by atoms with Crippen LogP contribution >= 0.6 is 0 Å². The maximum absolute atomic E-state index is 12.8. The van der Waals surface area contributed by atoms with E-state index >= 15 is 0 Å². The molecule has 166 valence electrons. The van der Waals surface area contributed by atoms with Crippen LogP contribution in [0.2, 0.25) is 0 Å². The van der Waals surface area contributed by atoms with Gasteiger partial charge >= 0.3 is 5.76 Å². The lowest BCUT2D eigenvalue weighted by atomic mass is 10.1. The summed E-state index contributed by atoms with van der Waals surface area (Å²) in [5.41, 5.74) is 4.29. The number of nitrogens with one attached hydrogen (secondary N) is 2. The summed E-state index contributed by atoms with van der Waals surface area (Å²) in [5.74, 6) is -0.751. The summed E-state index contributed by atoms with van der Waals surface area (Å²) in [7, 11) is 0. The van der Waals surface area contributed by atoms with Crippen molar-refractivity contribution in [3.63, 3.8) is 0 Å². The minimum absolute atomic E-state index is 0.275. The number of carbonyl (C=O) groups excluding carboxylic acids is 1. The Bertz CT molecular complexity index is 1170. The Balaban J connectivity index is 0.000000183. The number of H-pyrrole nitrogens is 1. The molecule has 6 heteroatoms. The quantitative estimate of drug-likeness (QED) is 0.286. The maximum Gasteiger partial charge on any atom is 0.417 e. The number of amides is 1. The number of carbonyl (C=O) groups is 1. The Labute approximate surface area is 186 Å². The summed E-state index contributed by atoms with van der Waals surface area (Å²) in [4.78, 5) is 23.7. The number of hydrogen-bond acceptors (Lipinski definition) is 3. The third-order valence-electron chi connectivity index (χ3n) is 5.15. The van der Waals surface area contributed by atoms with Crippen LogP contribution in [0, 0.1) is 5.82 Å². The number of benzene rings is 3. The molecule has 2 N–H and O–H groups in total. The second-order valence-corrected chi connectivity index (χ2v) is 7.65. The van der Waals surface area contributed by atoms with Gasteiger partial charge in [-0.3, -0.25) is 9.78 Å². The van der Waals surface area contributed by atoms with Crippen molar-refractivity contribution in [2.45, 2.75) is 38.6 Å². The molecule has 1 unspecified atom stereocenters. The number of aromatic amines is 1. The molecule has 32 heavy (non-hydrogen) atoms. The van der Waals surface area contributed by atoms with Crippen LogP contribution in [0.15, 0.2) is 82.0 Å². The first-order valence-corrected chi connectivity index (χ1v) is 10.7. The van der Waals surface area contributed by atoms with E-state index in [1.807, 2.05) is 19.1 Å². The van der Waals surface area contributed by atoms with Crippen LogP contribution in [-0.4, -0.2) is 17.4 Å². The normalized spacial score (nSPS) is 11.4. The molecule has 0 saturated heterocycles. The number of aryl methyl sites for hydroxylation is 1. The Morgan fingerprint density at radius 3 is 2.44 bits per heavy atom. The molecule has 1 heterocycles. The van der Waals surface area contributed by atoms with Crippen LogP contribution in [0.1, 0.15) is 31.7 Å². The van der Waals surface area contributed by atoms with Crippen LogP contribution in [0.4, 0.5) is 4.39 Å². The van der Waals surface area contributed by atoms with E-state index in [2.05, 4.69) is 34.6 Å². The topological polar surface area (TPSA) is 75.1 Å². The Hall–Kier alpha value is -3.67. The molecular weight excluding hydrogens is 407 g/mol. The van der Waals surface area contributed by atoms with Gasteiger partial charge in [-0.25, -0.2) is 9.18 Å². The molecule has 5 nitrogen and oxygen atoms in total. The second-order valence-electron chi connectivity index (χ2n) is 7.65. The van der Waals surface area contributed by atoms with Crippen molar-refractivity contribution < 1.29 is 13.6 Å². The molecule has 0 aliphatic carbocycles. The molecule has 0 aliphatic heterocycles. The van der Waals surface area contributed by atoms with E-state index in [0.717, 1.165) is 36.8 Å². The highest BCUT2D eigenvalue weighted by Gasteiger charge is 2.04. The van der Waals surface area contributed by atoms with Crippen molar-refractivity contribution in [2.75, 3.05) is 0 Å². The summed E-state index contributed by atoms with van der Waals surface area (Å²) < 4.78 is 17.8. The first-order valence-electron chi connectivity index (χ1n) is 10.7. The Kier molecular flexibility index (Phi) is 8.37. The standard InChI is InChI=1S/C13H8FNO2.C13H19NO/c14-10-4-1-8(2-5-10)9-3-6-11-12(7-9)17-13(16)15-11;1-12(14-11-15)7-5-6-10-13-8-3-2-4-9-13/h1-7H,(H,15,16);2-4,8-9,11-12H,5-7,10H2,1H3,(H,14,15). The third-order valence-corrected chi connectivity index (χ3v) is 5.15. The molecule has 0 bridgehead atoms. The van der Waals surface area contributed by atoms with Gasteiger partial charge in [-0.05, 0) is 67.1 Å². The fourth-order valence-electron chi connectivity index (χ4n) is 3.39. The fourth-order valence-corrected chi connectivity index (χ4v) is 3.39. The van der Waals surface area contributed by atoms with E-state index in [1.54, 1.807) is 24.3 Å². The van der Waals surface area contributed by atoms with E-state index in [1.165, 1.54) is 24.1 Å². The number of hydrogen-bond donors (Lipinski definition) is 2. The molecule has 4 rings (SSSR count). The van der Waals surface area contributed by atoms with Crippen molar-refractivity contribution in [1.29, 1.82) is 0 Å². The molecule has 1 amide bonds. The lowest BCUT2D eigenvalue weighted by Crippen LogP contribution is -2.23. The number of oxazole rings is 1. The van der Waals surface area contributed by atoms with E-state index in [0.29, 0.717) is 17.1 Å². The van der Waals surface area contributed by atoms with Crippen LogP contribution in [0.5, 0.6) is 0 Å². The SMILES string of the molecule is CC(CCCCc1ccccc1)NC=O.O=c1[nH]c2ccc(-c3ccc(F)cc3)cc2o1. The summed E-state index contributed by atoms with van der Waals surface area (Å²) >= 11 is 0. The minimum Gasteiger partial charge on any atom is -0.408 e. The zero-order valence-corrected chi connectivity index (χ0v) is 18.0. The number of halogens is 1. The van der Waals surface area contributed by atoms with E-state index in [9.17, 15) is 14.0 Å². The summed E-state index contributed by atoms with van der Waals surface area (Å²) in [6.45, 7) is 2.04. The number of fused-ring (bicyclic) bond motifs is 1. The van der Waals surface area contributed by atoms with Crippen molar-refractivity contribution >= 4 is 17.5 Å². The molecule has 0 radical (unpaired) electrons. The second kappa shape index (κ2) is 11.6.